The van der Waals surface area contributed by atoms with Crippen LogP contribution in [-0.4, -0.2) is 5.91 Å². The van der Waals surface area contributed by atoms with E-state index in [-0.39, 0.29) is 5.91 Å². The molecule has 0 unspecified atom stereocenters. The molecule has 2 aromatic carbocycles. The fourth-order valence-corrected chi connectivity index (χ4v) is 1.74. The highest BCUT2D eigenvalue weighted by atomic mass is 16.1. The van der Waals surface area contributed by atoms with Crippen molar-refractivity contribution >= 4 is 17.3 Å². The van der Waals surface area contributed by atoms with Gasteiger partial charge in [0.1, 0.15) is 0 Å². The van der Waals surface area contributed by atoms with E-state index in [4.69, 9.17) is 5.73 Å². The van der Waals surface area contributed by atoms with E-state index in [9.17, 15) is 4.79 Å². The molecule has 3 N–H and O–H groups in total. The molecule has 0 spiro atoms. The molecule has 0 heterocycles. The summed E-state index contributed by atoms with van der Waals surface area (Å²) < 4.78 is 0. The van der Waals surface area contributed by atoms with Gasteiger partial charge in [-0.05, 0) is 55.3 Å². The number of anilines is 2. The summed E-state index contributed by atoms with van der Waals surface area (Å²) in [5, 5.41) is 2.87. The molecule has 2 aromatic rings. The smallest absolute Gasteiger partial charge is 0.255 e. The summed E-state index contributed by atoms with van der Waals surface area (Å²) in [4.78, 5) is 12.0. The molecule has 0 aliphatic rings. The number of hydrogen-bond donors (Lipinski definition) is 2. The van der Waals surface area contributed by atoms with Gasteiger partial charge in [0.15, 0.2) is 0 Å². The van der Waals surface area contributed by atoms with Crippen molar-refractivity contribution in [2.24, 2.45) is 0 Å². The molecular formula is C15H16N2O. The molecule has 2 rings (SSSR count). The number of hydrogen-bond acceptors (Lipinski definition) is 2. The number of carbonyl (C=O) groups is 1. The van der Waals surface area contributed by atoms with Crippen molar-refractivity contribution in [3.63, 3.8) is 0 Å². The van der Waals surface area contributed by atoms with Crippen LogP contribution in [0.2, 0.25) is 0 Å². The van der Waals surface area contributed by atoms with E-state index in [0.717, 1.165) is 16.8 Å². The first kappa shape index (κ1) is 12.2. The lowest BCUT2D eigenvalue weighted by Crippen LogP contribution is -2.12. The van der Waals surface area contributed by atoms with Crippen molar-refractivity contribution in [1.29, 1.82) is 0 Å². The molecule has 0 fully saturated rings. The summed E-state index contributed by atoms with van der Waals surface area (Å²) in [7, 11) is 0. The molecular weight excluding hydrogens is 224 g/mol. The topological polar surface area (TPSA) is 55.1 Å². The lowest BCUT2D eigenvalue weighted by molar-refractivity contribution is 0.102. The average molecular weight is 240 g/mol. The molecule has 0 radical (unpaired) electrons. The second-order valence-corrected chi connectivity index (χ2v) is 4.39. The minimum absolute atomic E-state index is 0.122. The third-order valence-electron chi connectivity index (χ3n) is 2.81. The van der Waals surface area contributed by atoms with Crippen LogP contribution in [0, 0.1) is 13.8 Å². The molecule has 0 aromatic heterocycles. The van der Waals surface area contributed by atoms with Crippen LogP contribution in [0.15, 0.2) is 42.5 Å². The molecule has 1 amide bonds. The van der Waals surface area contributed by atoms with Gasteiger partial charge in [-0.25, -0.2) is 0 Å². The molecule has 0 aliphatic heterocycles. The standard InChI is InChI=1S/C15H16N2O/c1-10-4-3-5-13(8-10)17-15(18)12-6-7-14(16)11(2)9-12/h3-9H,16H2,1-2H3,(H,17,18). The SMILES string of the molecule is Cc1cccc(NC(=O)c2ccc(N)c(C)c2)c1. The molecule has 3 nitrogen and oxygen atoms in total. The lowest BCUT2D eigenvalue weighted by atomic mass is 10.1. The Bertz CT molecular complexity index is 591. The minimum atomic E-state index is -0.122. The van der Waals surface area contributed by atoms with Gasteiger partial charge in [-0.2, -0.15) is 0 Å². The predicted octanol–water partition coefficient (Wildman–Crippen LogP) is 3.14. The Morgan fingerprint density at radius 2 is 1.89 bits per heavy atom. The normalized spacial score (nSPS) is 10.1. The highest BCUT2D eigenvalue weighted by molar-refractivity contribution is 6.04. The number of aryl methyl sites for hydroxylation is 2. The van der Waals surface area contributed by atoms with Crippen molar-refractivity contribution in [2.75, 3.05) is 11.1 Å². The van der Waals surface area contributed by atoms with Gasteiger partial charge < -0.3 is 11.1 Å². The summed E-state index contributed by atoms with van der Waals surface area (Å²) in [6, 6.07) is 13.0. The van der Waals surface area contributed by atoms with Crippen LogP contribution in [0.3, 0.4) is 0 Å². The highest BCUT2D eigenvalue weighted by Gasteiger charge is 2.07. The largest absolute Gasteiger partial charge is 0.399 e. The van der Waals surface area contributed by atoms with E-state index in [0.29, 0.717) is 11.3 Å². The molecule has 0 bridgehead atoms. The third kappa shape index (κ3) is 2.69. The van der Waals surface area contributed by atoms with E-state index < -0.39 is 0 Å². The van der Waals surface area contributed by atoms with Crippen LogP contribution in [0.5, 0.6) is 0 Å². The van der Waals surface area contributed by atoms with Crippen molar-refractivity contribution in [3.8, 4) is 0 Å². The van der Waals surface area contributed by atoms with Gasteiger partial charge in [0, 0.05) is 16.9 Å². The van der Waals surface area contributed by atoms with Gasteiger partial charge in [0.05, 0.1) is 0 Å². The number of rotatable bonds is 2. The van der Waals surface area contributed by atoms with E-state index in [1.54, 1.807) is 18.2 Å². The van der Waals surface area contributed by atoms with Crippen LogP contribution < -0.4 is 11.1 Å². The van der Waals surface area contributed by atoms with Gasteiger partial charge in [-0.3, -0.25) is 4.79 Å². The van der Waals surface area contributed by atoms with Gasteiger partial charge in [-0.15, -0.1) is 0 Å². The van der Waals surface area contributed by atoms with Gasteiger partial charge in [0.25, 0.3) is 5.91 Å². The zero-order valence-electron chi connectivity index (χ0n) is 10.5. The number of nitrogen functional groups attached to an aromatic ring is 1. The quantitative estimate of drug-likeness (QED) is 0.792. The number of nitrogens with one attached hydrogen (secondary N) is 1. The summed E-state index contributed by atoms with van der Waals surface area (Å²) in [5.74, 6) is -0.122. The first-order chi connectivity index (χ1) is 8.56. The van der Waals surface area contributed by atoms with E-state index in [2.05, 4.69) is 5.32 Å². The highest BCUT2D eigenvalue weighted by Crippen LogP contribution is 2.15. The van der Waals surface area contributed by atoms with Gasteiger partial charge in [0.2, 0.25) is 0 Å². The van der Waals surface area contributed by atoms with Gasteiger partial charge in [-0.1, -0.05) is 12.1 Å². The Morgan fingerprint density at radius 3 is 2.56 bits per heavy atom. The third-order valence-corrected chi connectivity index (χ3v) is 2.81. The summed E-state index contributed by atoms with van der Waals surface area (Å²) in [6.45, 7) is 3.88. The van der Waals surface area contributed by atoms with Crippen LogP contribution in [0.1, 0.15) is 21.5 Å². The van der Waals surface area contributed by atoms with E-state index in [1.807, 2.05) is 38.1 Å². The predicted molar refractivity (Wildman–Crippen MR) is 74.7 cm³/mol. The number of carbonyl (C=O) groups excluding carboxylic acids is 1. The number of benzene rings is 2. The second kappa shape index (κ2) is 4.92. The van der Waals surface area contributed by atoms with Crippen LogP contribution in [-0.2, 0) is 0 Å². The van der Waals surface area contributed by atoms with Crippen LogP contribution in [0.25, 0.3) is 0 Å². The van der Waals surface area contributed by atoms with Crippen LogP contribution >= 0.6 is 0 Å². The zero-order chi connectivity index (χ0) is 13.1. The fraction of sp³-hybridized carbons (Fsp3) is 0.133. The maximum atomic E-state index is 12.0. The first-order valence-electron chi connectivity index (χ1n) is 5.80. The van der Waals surface area contributed by atoms with Crippen LogP contribution in [0.4, 0.5) is 11.4 Å². The molecule has 0 atom stereocenters. The molecule has 0 aliphatic carbocycles. The zero-order valence-corrected chi connectivity index (χ0v) is 10.5. The van der Waals surface area contributed by atoms with Crippen molar-refractivity contribution in [3.05, 3.63) is 59.2 Å². The Balaban J connectivity index is 2.19. The number of amides is 1. The maximum Gasteiger partial charge on any atom is 0.255 e. The van der Waals surface area contributed by atoms with Crippen molar-refractivity contribution in [2.45, 2.75) is 13.8 Å². The van der Waals surface area contributed by atoms with Gasteiger partial charge >= 0.3 is 0 Å². The summed E-state index contributed by atoms with van der Waals surface area (Å²) in [5.41, 5.74) is 9.86. The molecule has 18 heavy (non-hydrogen) atoms. The molecule has 3 heteroatoms. The van der Waals surface area contributed by atoms with E-state index >= 15 is 0 Å². The lowest BCUT2D eigenvalue weighted by Gasteiger charge is -2.07. The average Bonchev–Trinajstić information content (AvgIpc) is 2.32. The number of nitrogens with two attached hydrogens (primary N) is 1. The van der Waals surface area contributed by atoms with E-state index in [1.165, 1.54) is 0 Å². The monoisotopic (exact) mass is 240 g/mol. The maximum absolute atomic E-state index is 12.0. The Kier molecular flexibility index (Phi) is 3.33. The summed E-state index contributed by atoms with van der Waals surface area (Å²) in [6.07, 6.45) is 0. The second-order valence-electron chi connectivity index (χ2n) is 4.39. The fourth-order valence-electron chi connectivity index (χ4n) is 1.74. The summed E-state index contributed by atoms with van der Waals surface area (Å²) >= 11 is 0. The molecule has 0 saturated heterocycles. The first-order valence-corrected chi connectivity index (χ1v) is 5.80. The van der Waals surface area contributed by atoms with Crippen molar-refractivity contribution < 1.29 is 4.79 Å². The van der Waals surface area contributed by atoms with Crippen molar-refractivity contribution in [1.82, 2.24) is 0 Å². The Hall–Kier alpha value is -2.29. The molecule has 92 valence electrons. The Morgan fingerprint density at radius 1 is 1.11 bits per heavy atom. The molecule has 0 saturated carbocycles. The minimum Gasteiger partial charge on any atom is -0.399 e. The Labute approximate surface area is 107 Å².